The Morgan fingerprint density at radius 3 is 2.50 bits per heavy atom. The number of hydrogen-bond donors (Lipinski definition) is 1. The van der Waals surface area contributed by atoms with Crippen LogP contribution in [0.25, 0.3) is 0 Å². The predicted molar refractivity (Wildman–Crippen MR) is 125 cm³/mol. The SMILES string of the molecule is CCN(CCCNC(=O)C1CCN(S(=O)(=O)c2ccc(F)c(Cl)c2)CC1)c1ccccc1. The van der Waals surface area contributed by atoms with Crippen LogP contribution in [-0.2, 0) is 14.8 Å². The van der Waals surface area contributed by atoms with Crippen molar-refractivity contribution < 1.29 is 17.6 Å². The second kappa shape index (κ2) is 11.1. The Morgan fingerprint density at radius 1 is 1.19 bits per heavy atom. The Morgan fingerprint density at radius 2 is 1.88 bits per heavy atom. The Kier molecular flexibility index (Phi) is 8.51. The van der Waals surface area contributed by atoms with Gasteiger partial charge >= 0.3 is 0 Å². The summed E-state index contributed by atoms with van der Waals surface area (Å²) in [6, 6.07) is 13.5. The summed E-state index contributed by atoms with van der Waals surface area (Å²) in [5.41, 5.74) is 1.16. The quantitative estimate of drug-likeness (QED) is 0.551. The highest BCUT2D eigenvalue weighted by atomic mass is 35.5. The van der Waals surface area contributed by atoms with Crippen molar-refractivity contribution in [3.8, 4) is 0 Å². The van der Waals surface area contributed by atoms with E-state index in [1.54, 1.807) is 0 Å². The van der Waals surface area contributed by atoms with E-state index in [-0.39, 0.29) is 34.8 Å². The Labute approximate surface area is 194 Å². The molecule has 1 fully saturated rings. The molecule has 1 amide bonds. The summed E-state index contributed by atoms with van der Waals surface area (Å²) < 4.78 is 40.3. The van der Waals surface area contributed by atoms with Crippen LogP contribution in [0, 0.1) is 11.7 Å². The number of rotatable bonds is 9. The molecule has 6 nitrogen and oxygen atoms in total. The number of piperidine rings is 1. The molecule has 2 aromatic carbocycles. The lowest BCUT2D eigenvalue weighted by atomic mass is 9.97. The molecule has 0 aromatic heterocycles. The van der Waals surface area contributed by atoms with Crippen LogP contribution in [0.5, 0.6) is 0 Å². The average molecular weight is 482 g/mol. The van der Waals surface area contributed by atoms with Crippen molar-refractivity contribution in [1.29, 1.82) is 0 Å². The van der Waals surface area contributed by atoms with E-state index in [2.05, 4.69) is 29.3 Å². The highest BCUT2D eigenvalue weighted by molar-refractivity contribution is 7.89. The molecular weight excluding hydrogens is 453 g/mol. The van der Waals surface area contributed by atoms with Gasteiger partial charge in [0.15, 0.2) is 0 Å². The number of amides is 1. The van der Waals surface area contributed by atoms with Crippen LogP contribution in [-0.4, -0.2) is 51.4 Å². The number of nitrogens with zero attached hydrogens (tertiary/aromatic N) is 2. The third-order valence-corrected chi connectivity index (χ3v) is 7.94. The maximum atomic E-state index is 13.4. The summed E-state index contributed by atoms with van der Waals surface area (Å²) in [7, 11) is -3.77. The molecule has 0 bridgehead atoms. The zero-order valence-corrected chi connectivity index (χ0v) is 19.7. The molecule has 9 heteroatoms. The second-order valence-corrected chi connectivity index (χ2v) is 10.2. The third kappa shape index (κ3) is 5.99. The zero-order valence-electron chi connectivity index (χ0n) is 18.1. The minimum atomic E-state index is -3.77. The third-order valence-electron chi connectivity index (χ3n) is 5.76. The largest absolute Gasteiger partial charge is 0.372 e. The Bertz CT molecular complexity index is 1010. The minimum absolute atomic E-state index is 0.0327. The molecule has 0 spiro atoms. The second-order valence-electron chi connectivity index (χ2n) is 7.81. The molecular formula is C23H29ClFN3O3S. The fourth-order valence-corrected chi connectivity index (χ4v) is 5.62. The van der Waals surface area contributed by atoms with Crippen LogP contribution in [0.3, 0.4) is 0 Å². The first-order valence-electron chi connectivity index (χ1n) is 10.9. The van der Waals surface area contributed by atoms with Gasteiger partial charge in [-0.15, -0.1) is 0 Å². The Hall–Kier alpha value is -2.16. The van der Waals surface area contributed by atoms with Crippen molar-refractivity contribution in [1.82, 2.24) is 9.62 Å². The van der Waals surface area contributed by atoms with E-state index < -0.39 is 15.8 Å². The summed E-state index contributed by atoms with van der Waals surface area (Å²) in [5.74, 6) is -0.906. The zero-order chi connectivity index (χ0) is 23.1. The van der Waals surface area contributed by atoms with Crippen molar-refractivity contribution >= 4 is 33.2 Å². The van der Waals surface area contributed by atoms with Crippen molar-refractivity contribution in [3.63, 3.8) is 0 Å². The fraction of sp³-hybridized carbons (Fsp3) is 0.435. The lowest BCUT2D eigenvalue weighted by Crippen LogP contribution is -2.43. The molecule has 174 valence electrons. The van der Waals surface area contributed by atoms with Crippen LogP contribution in [0.1, 0.15) is 26.2 Å². The minimum Gasteiger partial charge on any atom is -0.372 e. The number of carbonyl (C=O) groups excluding carboxylic acids is 1. The number of nitrogens with one attached hydrogen (secondary N) is 1. The van der Waals surface area contributed by atoms with Crippen LogP contribution in [0.2, 0.25) is 5.02 Å². The van der Waals surface area contributed by atoms with Gasteiger partial charge < -0.3 is 10.2 Å². The topological polar surface area (TPSA) is 69.7 Å². The van der Waals surface area contributed by atoms with E-state index in [4.69, 9.17) is 11.6 Å². The van der Waals surface area contributed by atoms with Gasteiger partial charge in [0.2, 0.25) is 15.9 Å². The standard InChI is InChI=1S/C23H29ClFN3O3S/c1-2-27(19-7-4-3-5-8-19)14-6-13-26-23(29)18-11-15-28(16-12-18)32(30,31)20-9-10-22(25)21(24)17-20/h3-5,7-10,17-18H,2,6,11-16H2,1H3,(H,26,29). The number of carbonyl (C=O) groups is 1. The molecule has 1 heterocycles. The smallest absolute Gasteiger partial charge is 0.243 e. The molecule has 0 atom stereocenters. The monoisotopic (exact) mass is 481 g/mol. The lowest BCUT2D eigenvalue weighted by Gasteiger charge is -2.30. The van der Waals surface area contributed by atoms with Gasteiger partial charge in [0, 0.05) is 44.3 Å². The lowest BCUT2D eigenvalue weighted by molar-refractivity contribution is -0.126. The van der Waals surface area contributed by atoms with E-state index in [0.717, 1.165) is 37.3 Å². The Balaban J connectivity index is 1.44. The van der Waals surface area contributed by atoms with Crippen molar-refractivity contribution in [3.05, 3.63) is 59.4 Å². The molecule has 1 aliphatic heterocycles. The van der Waals surface area contributed by atoms with Gasteiger partial charge in [0.25, 0.3) is 0 Å². The van der Waals surface area contributed by atoms with Crippen LogP contribution >= 0.6 is 11.6 Å². The molecule has 0 aliphatic carbocycles. The summed E-state index contributed by atoms with van der Waals surface area (Å²) in [5, 5.41) is 2.76. The van der Waals surface area contributed by atoms with Gasteiger partial charge in [-0.05, 0) is 56.5 Å². The number of sulfonamides is 1. The van der Waals surface area contributed by atoms with E-state index in [0.29, 0.717) is 19.4 Å². The van der Waals surface area contributed by atoms with Gasteiger partial charge in [-0.3, -0.25) is 4.79 Å². The van der Waals surface area contributed by atoms with Crippen molar-refractivity contribution in [2.24, 2.45) is 5.92 Å². The molecule has 0 saturated carbocycles. The predicted octanol–water partition coefficient (Wildman–Crippen LogP) is 3.91. The fourth-order valence-electron chi connectivity index (χ4n) is 3.88. The van der Waals surface area contributed by atoms with Crippen LogP contribution in [0.15, 0.2) is 53.4 Å². The van der Waals surface area contributed by atoms with Gasteiger partial charge in [0.1, 0.15) is 5.82 Å². The molecule has 1 aliphatic rings. The molecule has 32 heavy (non-hydrogen) atoms. The van der Waals surface area contributed by atoms with Gasteiger partial charge in [-0.25, -0.2) is 12.8 Å². The number of anilines is 1. The molecule has 3 rings (SSSR count). The molecule has 0 unspecified atom stereocenters. The van der Waals surface area contributed by atoms with E-state index in [9.17, 15) is 17.6 Å². The summed E-state index contributed by atoms with van der Waals surface area (Å²) >= 11 is 5.73. The van der Waals surface area contributed by atoms with Crippen LogP contribution in [0.4, 0.5) is 10.1 Å². The number of para-hydroxylation sites is 1. The van der Waals surface area contributed by atoms with Gasteiger partial charge in [0.05, 0.1) is 9.92 Å². The van der Waals surface area contributed by atoms with Crippen LogP contribution < -0.4 is 10.2 Å². The number of halogens is 2. The maximum absolute atomic E-state index is 13.4. The maximum Gasteiger partial charge on any atom is 0.243 e. The highest BCUT2D eigenvalue weighted by Gasteiger charge is 2.32. The summed E-state index contributed by atoms with van der Waals surface area (Å²) in [6.07, 6.45) is 1.73. The summed E-state index contributed by atoms with van der Waals surface area (Å²) in [4.78, 5) is 14.8. The van der Waals surface area contributed by atoms with E-state index >= 15 is 0 Å². The molecule has 1 N–H and O–H groups in total. The summed E-state index contributed by atoms with van der Waals surface area (Å²) in [6.45, 7) is 4.91. The first kappa shape index (κ1) is 24.5. The average Bonchev–Trinajstić information content (AvgIpc) is 2.81. The van der Waals surface area contributed by atoms with Crippen molar-refractivity contribution in [2.45, 2.75) is 31.1 Å². The van der Waals surface area contributed by atoms with E-state index in [1.165, 1.54) is 10.4 Å². The van der Waals surface area contributed by atoms with Gasteiger partial charge in [-0.2, -0.15) is 4.31 Å². The molecule has 1 saturated heterocycles. The molecule has 0 radical (unpaired) electrons. The van der Waals surface area contributed by atoms with Crippen molar-refractivity contribution in [2.75, 3.05) is 37.6 Å². The number of hydrogen-bond acceptors (Lipinski definition) is 4. The molecule has 2 aromatic rings. The first-order chi connectivity index (χ1) is 15.3. The van der Waals surface area contributed by atoms with E-state index in [1.807, 2.05) is 18.2 Å². The highest BCUT2D eigenvalue weighted by Crippen LogP contribution is 2.26. The first-order valence-corrected chi connectivity index (χ1v) is 12.7. The normalized spacial score (nSPS) is 15.5. The number of benzene rings is 2. The van der Waals surface area contributed by atoms with Gasteiger partial charge in [-0.1, -0.05) is 29.8 Å².